The van der Waals surface area contributed by atoms with Crippen molar-refractivity contribution in [3.05, 3.63) is 29.8 Å². The molecule has 1 rings (SSSR count). The number of alkyl halides is 3. The Labute approximate surface area is 94.3 Å². The molecule has 9 heteroatoms. The second-order valence-corrected chi connectivity index (χ2v) is 4.58. The summed E-state index contributed by atoms with van der Waals surface area (Å²) in [6.45, 7) is 0. The summed E-state index contributed by atoms with van der Waals surface area (Å²) in [5.74, 6) is 0. The monoisotopic (exact) mass is 266 g/mol. The lowest BCUT2D eigenvalue weighted by atomic mass is 10.2. The van der Waals surface area contributed by atoms with Crippen LogP contribution in [-0.4, -0.2) is 19.1 Å². The van der Waals surface area contributed by atoms with E-state index in [0.717, 1.165) is 12.1 Å². The molecule has 0 saturated heterocycles. The summed E-state index contributed by atoms with van der Waals surface area (Å²) in [7, 11) is -5.92. The average Bonchev–Trinajstić information content (AvgIpc) is 2.26. The number of nitrogens with zero attached hydrogens (tertiary/aromatic N) is 2. The first-order valence-electron chi connectivity index (χ1n) is 4.01. The Morgan fingerprint density at radius 2 is 1.82 bits per heavy atom. The van der Waals surface area contributed by atoms with E-state index < -0.39 is 31.3 Å². The smallest absolute Gasteiger partial charge is 0.274 e. The molecule has 0 radical (unpaired) electrons. The van der Waals surface area contributed by atoms with Crippen LogP contribution in [0.3, 0.4) is 0 Å². The molecule has 0 spiro atoms. The zero-order valence-electron chi connectivity index (χ0n) is 8.01. The molecule has 1 N–H and O–H groups in total. The van der Waals surface area contributed by atoms with Crippen LogP contribution < -0.4 is 4.47 Å². The van der Waals surface area contributed by atoms with Crippen molar-refractivity contribution in [1.29, 1.82) is 5.26 Å². The minimum absolute atomic E-state index is 0.400. The van der Waals surface area contributed by atoms with Crippen molar-refractivity contribution in [1.82, 2.24) is 0 Å². The average molecular weight is 266 g/mol. The molecule has 1 aromatic carbocycles. The molecular weight excluding hydrogens is 261 g/mol. The Hall–Kier alpha value is -1.79. The van der Waals surface area contributed by atoms with Gasteiger partial charge in [0.2, 0.25) is 0 Å². The van der Waals surface area contributed by atoms with E-state index in [0.29, 0.717) is 0 Å². The lowest BCUT2D eigenvalue weighted by Crippen LogP contribution is -2.39. The van der Waals surface area contributed by atoms with Gasteiger partial charge >= 0.3 is 15.5 Å². The van der Waals surface area contributed by atoms with Crippen molar-refractivity contribution in [2.45, 2.75) is 5.51 Å². The fourth-order valence-electron chi connectivity index (χ4n) is 0.963. The first-order chi connectivity index (χ1) is 7.71. The standard InChI is InChI=1S/C8H5F3N2O3S/c9-8(10,11)17(15,16)13(14)7-4-2-1-3-6(7)5-12/h1-4,14H. The SMILES string of the molecule is N#Cc1ccccc1N(O)S(=O)(=O)C(F)(F)F. The number of hydrogen-bond acceptors (Lipinski definition) is 4. The van der Waals surface area contributed by atoms with Crippen LogP contribution in [0.5, 0.6) is 0 Å². The van der Waals surface area contributed by atoms with E-state index in [1.807, 2.05) is 0 Å². The first-order valence-corrected chi connectivity index (χ1v) is 5.45. The van der Waals surface area contributed by atoms with Crippen molar-refractivity contribution >= 4 is 15.7 Å². The molecule has 5 nitrogen and oxygen atoms in total. The molecule has 0 amide bonds. The highest BCUT2D eigenvalue weighted by Crippen LogP contribution is 2.30. The van der Waals surface area contributed by atoms with Gasteiger partial charge in [-0.15, -0.1) is 4.47 Å². The van der Waals surface area contributed by atoms with E-state index in [4.69, 9.17) is 10.5 Å². The van der Waals surface area contributed by atoms with Crippen molar-refractivity contribution in [3.8, 4) is 6.07 Å². The highest BCUT2D eigenvalue weighted by atomic mass is 32.2. The zero-order valence-corrected chi connectivity index (χ0v) is 8.83. The molecule has 0 aliphatic carbocycles. The van der Waals surface area contributed by atoms with Crippen LogP contribution in [0.1, 0.15) is 5.56 Å². The van der Waals surface area contributed by atoms with Gasteiger partial charge in [-0.25, -0.2) is 0 Å². The van der Waals surface area contributed by atoms with E-state index >= 15 is 0 Å². The molecule has 1 aromatic rings. The van der Waals surface area contributed by atoms with Gasteiger partial charge in [-0.3, -0.25) is 5.21 Å². The van der Waals surface area contributed by atoms with Gasteiger partial charge in [-0.2, -0.15) is 26.9 Å². The van der Waals surface area contributed by atoms with Gasteiger partial charge in [0.25, 0.3) is 0 Å². The number of rotatable bonds is 2. The van der Waals surface area contributed by atoms with Gasteiger partial charge in [0.15, 0.2) is 0 Å². The second kappa shape index (κ2) is 4.23. The highest BCUT2D eigenvalue weighted by Gasteiger charge is 2.50. The van der Waals surface area contributed by atoms with Crippen LogP contribution in [0.2, 0.25) is 0 Å². The molecule has 0 fully saturated rings. The predicted octanol–water partition coefficient (Wildman–Crippen LogP) is 1.60. The second-order valence-electron chi connectivity index (χ2n) is 2.82. The summed E-state index contributed by atoms with van der Waals surface area (Å²) in [5, 5.41) is 17.6. The summed E-state index contributed by atoms with van der Waals surface area (Å²) in [6.07, 6.45) is 0. The Morgan fingerprint density at radius 3 is 2.29 bits per heavy atom. The van der Waals surface area contributed by atoms with Crippen molar-refractivity contribution in [2.75, 3.05) is 4.47 Å². The van der Waals surface area contributed by atoms with Gasteiger partial charge < -0.3 is 0 Å². The van der Waals surface area contributed by atoms with Crippen molar-refractivity contribution in [3.63, 3.8) is 0 Å². The molecular formula is C8H5F3N2O3S. The van der Waals surface area contributed by atoms with E-state index in [1.54, 1.807) is 0 Å². The summed E-state index contributed by atoms with van der Waals surface area (Å²) in [6, 6.07) is 5.92. The number of anilines is 1. The third-order valence-electron chi connectivity index (χ3n) is 1.75. The number of benzene rings is 1. The molecule has 92 valence electrons. The van der Waals surface area contributed by atoms with E-state index in [-0.39, 0.29) is 0 Å². The molecule has 0 bridgehead atoms. The van der Waals surface area contributed by atoms with Gasteiger partial charge in [-0.05, 0) is 12.1 Å². The zero-order chi connectivity index (χ0) is 13.3. The Morgan fingerprint density at radius 1 is 1.29 bits per heavy atom. The fourth-order valence-corrected chi connectivity index (χ4v) is 1.58. The van der Waals surface area contributed by atoms with Crippen LogP contribution >= 0.6 is 0 Å². The van der Waals surface area contributed by atoms with E-state index in [1.165, 1.54) is 18.2 Å². The third kappa shape index (κ3) is 2.32. The number of hydrogen-bond donors (Lipinski definition) is 1. The molecule has 0 saturated carbocycles. The number of para-hydroxylation sites is 1. The first kappa shape index (κ1) is 13.3. The molecule has 0 aliphatic rings. The summed E-state index contributed by atoms with van der Waals surface area (Å²) in [4.78, 5) is 0. The summed E-state index contributed by atoms with van der Waals surface area (Å²) >= 11 is 0. The Kier molecular flexibility index (Phi) is 3.30. The maximum Gasteiger partial charge on any atom is 0.518 e. The molecule has 0 aliphatic heterocycles. The van der Waals surface area contributed by atoms with Crippen LogP contribution in [-0.2, 0) is 10.0 Å². The largest absolute Gasteiger partial charge is 0.518 e. The molecule has 0 unspecified atom stereocenters. The summed E-state index contributed by atoms with van der Waals surface area (Å²) in [5.41, 5.74) is -6.81. The number of sulfonamides is 1. The number of halogens is 3. The lowest BCUT2D eigenvalue weighted by molar-refractivity contribution is -0.0459. The maximum absolute atomic E-state index is 12.1. The van der Waals surface area contributed by atoms with Crippen molar-refractivity contribution < 1.29 is 26.8 Å². The van der Waals surface area contributed by atoms with Gasteiger partial charge in [0.1, 0.15) is 6.07 Å². The Balaban J connectivity index is 3.33. The van der Waals surface area contributed by atoms with Crippen LogP contribution in [0.15, 0.2) is 24.3 Å². The lowest BCUT2D eigenvalue weighted by Gasteiger charge is -2.19. The van der Waals surface area contributed by atoms with E-state index in [2.05, 4.69) is 0 Å². The van der Waals surface area contributed by atoms with Gasteiger partial charge in [0.05, 0.1) is 11.3 Å². The van der Waals surface area contributed by atoms with Crippen LogP contribution in [0.4, 0.5) is 18.9 Å². The minimum Gasteiger partial charge on any atom is -0.274 e. The van der Waals surface area contributed by atoms with Gasteiger partial charge in [-0.1, -0.05) is 12.1 Å². The molecule has 17 heavy (non-hydrogen) atoms. The third-order valence-corrected chi connectivity index (χ3v) is 2.99. The van der Waals surface area contributed by atoms with Crippen LogP contribution in [0, 0.1) is 11.3 Å². The maximum atomic E-state index is 12.1. The van der Waals surface area contributed by atoms with Gasteiger partial charge in [0, 0.05) is 0 Å². The topological polar surface area (TPSA) is 81.4 Å². The van der Waals surface area contributed by atoms with Crippen molar-refractivity contribution in [2.24, 2.45) is 0 Å². The van der Waals surface area contributed by atoms with Crippen LogP contribution in [0.25, 0.3) is 0 Å². The highest BCUT2D eigenvalue weighted by molar-refractivity contribution is 7.93. The fraction of sp³-hybridized carbons (Fsp3) is 0.125. The quantitative estimate of drug-likeness (QED) is 0.824. The molecule has 0 aromatic heterocycles. The molecule has 0 heterocycles. The molecule has 0 atom stereocenters. The summed E-state index contributed by atoms with van der Waals surface area (Å²) < 4.78 is 57.2. The van der Waals surface area contributed by atoms with E-state index in [9.17, 15) is 21.6 Å². The predicted molar refractivity (Wildman–Crippen MR) is 50.4 cm³/mol. The number of nitriles is 1. The minimum atomic E-state index is -5.92. The normalized spacial score (nSPS) is 11.9. The Bertz CT molecular complexity index is 562.